The number of carbonyl (C=O) groups excluding carboxylic acids is 2. The molecule has 2 aliphatic rings. The Bertz CT molecular complexity index is 1950. The number of benzene rings is 2. The van der Waals surface area contributed by atoms with Gasteiger partial charge in [-0.1, -0.05) is 24.3 Å². The average molecular weight is 636 g/mol. The van der Waals surface area contributed by atoms with Gasteiger partial charge in [0, 0.05) is 63.0 Å². The molecular weight excluding hydrogens is 594 g/mol. The van der Waals surface area contributed by atoms with Gasteiger partial charge in [-0.2, -0.15) is 5.10 Å². The number of anilines is 2. The Hall–Kier alpha value is -4.97. The maximum atomic E-state index is 13.1. The molecule has 2 amide bonds. The lowest BCUT2D eigenvalue weighted by Crippen LogP contribution is -2.48. The lowest BCUT2D eigenvalue weighted by molar-refractivity contribution is -0.130. The lowest BCUT2D eigenvalue weighted by Gasteiger charge is -2.41. The van der Waals surface area contributed by atoms with Crippen LogP contribution in [0.25, 0.3) is 33.2 Å². The van der Waals surface area contributed by atoms with Gasteiger partial charge in [0.2, 0.25) is 11.8 Å². The van der Waals surface area contributed by atoms with Crippen molar-refractivity contribution in [3.63, 3.8) is 0 Å². The molecule has 2 aromatic carbocycles. The van der Waals surface area contributed by atoms with E-state index in [0.717, 1.165) is 74.0 Å². The number of nitrogens with two attached hydrogens (primary N) is 1. The van der Waals surface area contributed by atoms with Crippen molar-refractivity contribution in [3.05, 3.63) is 60.6 Å². The summed E-state index contributed by atoms with van der Waals surface area (Å²) in [7, 11) is 3.56. The molecule has 12 heteroatoms. The van der Waals surface area contributed by atoms with Gasteiger partial charge in [-0.3, -0.25) is 9.59 Å². The molecule has 3 aromatic heterocycles. The summed E-state index contributed by atoms with van der Waals surface area (Å²) in [5.41, 5.74) is 11.2. The molecule has 12 nitrogen and oxygen atoms in total. The molecule has 3 N–H and O–H groups in total. The van der Waals surface area contributed by atoms with Crippen LogP contribution in [0.3, 0.4) is 0 Å². The van der Waals surface area contributed by atoms with Crippen LogP contribution in [-0.4, -0.2) is 85.3 Å². The molecule has 2 fully saturated rings. The molecule has 2 saturated heterocycles. The van der Waals surface area contributed by atoms with Crippen molar-refractivity contribution in [2.75, 3.05) is 44.3 Å². The number of ether oxygens (including phenoxy) is 1. The molecule has 7 rings (SSSR count). The molecule has 5 heterocycles. The van der Waals surface area contributed by atoms with Crippen LogP contribution in [0, 0.1) is 0 Å². The van der Waals surface area contributed by atoms with Crippen molar-refractivity contribution in [2.45, 2.75) is 51.1 Å². The minimum absolute atomic E-state index is 0.134. The molecule has 47 heavy (non-hydrogen) atoms. The van der Waals surface area contributed by atoms with E-state index in [4.69, 9.17) is 15.6 Å². The number of rotatable bonds is 7. The van der Waals surface area contributed by atoms with E-state index in [9.17, 15) is 9.59 Å². The maximum Gasteiger partial charge on any atom is 0.230 e. The summed E-state index contributed by atoms with van der Waals surface area (Å²) in [6, 6.07) is 16.5. The van der Waals surface area contributed by atoms with E-state index >= 15 is 0 Å². The van der Waals surface area contributed by atoms with Crippen molar-refractivity contribution in [1.82, 2.24) is 34.1 Å². The highest BCUT2D eigenvalue weighted by Crippen LogP contribution is 2.38. The molecule has 0 saturated carbocycles. The average Bonchev–Trinajstić information content (AvgIpc) is 3.63. The molecule has 0 bridgehead atoms. The predicted octanol–water partition coefficient (Wildman–Crippen LogP) is 4.40. The second kappa shape index (κ2) is 12.7. The number of para-hydroxylation sites is 1. The number of amides is 2. The predicted molar refractivity (Wildman–Crippen MR) is 182 cm³/mol. The van der Waals surface area contributed by atoms with Crippen LogP contribution in [0.1, 0.15) is 44.3 Å². The number of hydrogen-bond acceptors (Lipinski definition) is 8. The van der Waals surface area contributed by atoms with E-state index in [0.29, 0.717) is 40.0 Å². The Kier molecular flexibility index (Phi) is 8.27. The quantitative estimate of drug-likeness (QED) is 0.269. The first kappa shape index (κ1) is 30.7. The van der Waals surface area contributed by atoms with Gasteiger partial charge in [0.15, 0.2) is 5.65 Å². The minimum atomic E-state index is -0.134. The zero-order valence-corrected chi connectivity index (χ0v) is 27.1. The second-order valence-electron chi connectivity index (χ2n) is 12.6. The largest absolute Gasteiger partial charge is 0.495 e. The summed E-state index contributed by atoms with van der Waals surface area (Å²) in [6.07, 6.45) is 5.65. The Balaban J connectivity index is 1.09. The van der Waals surface area contributed by atoms with Crippen molar-refractivity contribution in [3.8, 4) is 17.0 Å². The van der Waals surface area contributed by atoms with Crippen molar-refractivity contribution in [1.29, 1.82) is 0 Å². The first-order valence-corrected chi connectivity index (χ1v) is 16.3. The summed E-state index contributed by atoms with van der Waals surface area (Å²) in [5, 5.41) is 9.93. The molecule has 0 radical (unpaired) electrons. The van der Waals surface area contributed by atoms with Gasteiger partial charge >= 0.3 is 0 Å². The third-order valence-electron chi connectivity index (χ3n) is 9.93. The maximum absolute atomic E-state index is 13.1. The fourth-order valence-electron chi connectivity index (χ4n) is 7.31. The van der Waals surface area contributed by atoms with E-state index < -0.39 is 0 Å². The van der Waals surface area contributed by atoms with Gasteiger partial charge in [0.25, 0.3) is 0 Å². The molecule has 0 unspecified atom stereocenters. The smallest absolute Gasteiger partial charge is 0.230 e. The zero-order valence-electron chi connectivity index (χ0n) is 27.1. The monoisotopic (exact) mass is 635 g/mol. The number of aromatic nitrogens is 5. The molecule has 0 spiro atoms. The summed E-state index contributed by atoms with van der Waals surface area (Å²) in [5.74, 6) is 0.927. The molecule has 244 valence electrons. The Labute approximate surface area is 273 Å². The summed E-state index contributed by atoms with van der Waals surface area (Å²) >= 11 is 0. The number of hydrogen-bond donors (Lipinski definition) is 2. The molecule has 2 aliphatic heterocycles. The van der Waals surface area contributed by atoms with Gasteiger partial charge in [-0.15, -0.1) is 0 Å². The van der Waals surface area contributed by atoms with Crippen molar-refractivity contribution in [2.24, 2.45) is 7.05 Å². The number of fused-ring (bicyclic) bond motifs is 2. The molecule has 0 aliphatic carbocycles. The van der Waals surface area contributed by atoms with Gasteiger partial charge in [0.05, 0.1) is 30.6 Å². The Morgan fingerprint density at radius 1 is 0.979 bits per heavy atom. The normalized spacial score (nSPS) is 16.6. The number of carbonyl (C=O) groups is 2. The van der Waals surface area contributed by atoms with E-state index in [1.54, 1.807) is 14.0 Å². The topological polar surface area (TPSA) is 136 Å². The van der Waals surface area contributed by atoms with Crippen LogP contribution in [-0.2, 0) is 23.1 Å². The van der Waals surface area contributed by atoms with E-state index in [-0.39, 0.29) is 24.3 Å². The molecule has 0 atom stereocenters. The third-order valence-corrected chi connectivity index (χ3v) is 9.93. The minimum Gasteiger partial charge on any atom is -0.495 e. The highest BCUT2D eigenvalue weighted by molar-refractivity contribution is 6.00. The summed E-state index contributed by atoms with van der Waals surface area (Å²) in [4.78, 5) is 38.4. The SMILES string of the molecule is COc1cc(-c2nn(C3CCN(C4CCN(C(C)=O)CC4)CC3)c3ncnc(N)c23)ccc1NC(=O)Cc1cc2ccccc2n1C. The summed E-state index contributed by atoms with van der Waals surface area (Å²) < 4.78 is 9.81. The zero-order chi connectivity index (χ0) is 32.7. The van der Waals surface area contributed by atoms with Crippen molar-refractivity contribution < 1.29 is 14.3 Å². The van der Waals surface area contributed by atoms with Gasteiger partial charge in [0.1, 0.15) is 23.6 Å². The van der Waals surface area contributed by atoms with Crippen LogP contribution < -0.4 is 15.8 Å². The fourth-order valence-corrected chi connectivity index (χ4v) is 7.31. The number of piperidine rings is 2. The second-order valence-corrected chi connectivity index (χ2v) is 12.6. The van der Waals surface area contributed by atoms with Crippen LogP contribution in [0.15, 0.2) is 54.9 Å². The Morgan fingerprint density at radius 3 is 2.45 bits per heavy atom. The first-order valence-electron chi connectivity index (χ1n) is 16.3. The lowest BCUT2D eigenvalue weighted by atomic mass is 9.98. The van der Waals surface area contributed by atoms with Crippen molar-refractivity contribution >= 4 is 45.3 Å². The van der Waals surface area contributed by atoms with Crippen LogP contribution in [0.2, 0.25) is 0 Å². The summed E-state index contributed by atoms with van der Waals surface area (Å²) in [6.45, 7) is 5.25. The van der Waals surface area contributed by atoms with E-state index in [2.05, 4.69) is 20.2 Å². The van der Waals surface area contributed by atoms with E-state index in [1.165, 1.54) is 6.33 Å². The number of nitrogens with one attached hydrogen (secondary N) is 1. The van der Waals surface area contributed by atoms with Crippen LogP contribution in [0.4, 0.5) is 11.5 Å². The molecular formula is C35H41N9O3. The van der Waals surface area contributed by atoms with Gasteiger partial charge in [-0.25, -0.2) is 14.6 Å². The number of nitrogen functional groups attached to an aromatic ring is 1. The standard InChI is InChI=1S/C35H41N9O3/c1-22(45)42-14-10-25(11-15-42)43-16-12-26(13-17-43)44-35-32(34(36)37-21-38-35)33(40-44)24-8-9-28(30(19-24)47-3)39-31(46)20-27-18-23-6-4-5-7-29(23)41(27)2/h4-9,18-19,21,25-26H,10-17,20H2,1-3H3,(H,39,46)(H2,36,37,38). The fraction of sp³-hybridized carbons (Fsp3) is 0.400. The van der Waals surface area contributed by atoms with E-state index in [1.807, 2.05) is 69.7 Å². The van der Waals surface area contributed by atoms with Crippen LogP contribution >= 0.6 is 0 Å². The third kappa shape index (κ3) is 5.89. The highest BCUT2D eigenvalue weighted by Gasteiger charge is 2.31. The van der Waals surface area contributed by atoms with Gasteiger partial charge in [-0.05, 0) is 55.3 Å². The number of methoxy groups -OCH3 is 1. The first-order chi connectivity index (χ1) is 22.8. The number of nitrogens with zero attached hydrogens (tertiary/aromatic N) is 7. The number of aryl methyl sites for hydroxylation is 1. The number of likely N-dealkylation sites (tertiary alicyclic amines) is 2. The highest BCUT2D eigenvalue weighted by atomic mass is 16.5. The van der Waals surface area contributed by atoms with Crippen LogP contribution in [0.5, 0.6) is 5.75 Å². The molecule has 5 aromatic rings. The van der Waals surface area contributed by atoms with Gasteiger partial charge < -0.3 is 30.2 Å². The Morgan fingerprint density at radius 2 is 1.72 bits per heavy atom.